The number of rotatable bonds is 3. The van der Waals surface area contributed by atoms with E-state index in [0.29, 0.717) is 17.0 Å². The summed E-state index contributed by atoms with van der Waals surface area (Å²) in [5, 5.41) is 2.87. The lowest BCUT2D eigenvalue weighted by atomic mass is 10.2. The molecule has 0 bridgehead atoms. The fourth-order valence-electron chi connectivity index (χ4n) is 1.64. The average Bonchev–Trinajstić information content (AvgIpc) is 2.41. The van der Waals surface area contributed by atoms with Crippen molar-refractivity contribution in [2.75, 3.05) is 12.4 Å². The molecule has 0 spiro atoms. The van der Waals surface area contributed by atoms with Crippen molar-refractivity contribution < 1.29 is 9.53 Å². The molecule has 6 heteroatoms. The molecule has 3 nitrogen and oxygen atoms in total. The number of halogens is 3. The number of hydrogen-bond donors (Lipinski definition) is 1. The average molecular weight is 511 g/mol. The maximum absolute atomic E-state index is 12.4. The number of anilines is 1. The summed E-state index contributed by atoms with van der Waals surface area (Å²) in [4.78, 5) is 12.4. The second kappa shape index (κ2) is 6.91. The molecule has 0 aliphatic carbocycles. The van der Waals surface area contributed by atoms with Gasteiger partial charge in [-0.2, -0.15) is 0 Å². The van der Waals surface area contributed by atoms with Gasteiger partial charge >= 0.3 is 0 Å². The van der Waals surface area contributed by atoms with Crippen LogP contribution < -0.4 is 10.1 Å². The molecule has 1 amide bonds. The highest BCUT2D eigenvalue weighted by Crippen LogP contribution is 2.29. The first-order chi connectivity index (χ1) is 9.51. The van der Waals surface area contributed by atoms with Gasteiger partial charge in [-0.15, -0.1) is 0 Å². The van der Waals surface area contributed by atoms with Crippen LogP contribution in [0.1, 0.15) is 10.4 Å². The summed E-state index contributed by atoms with van der Waals surface area (Å²) in [5.74, 6) is 0.443. The third-order valence-corrected chi connectivity index (χ3v) is 4.51. The van der Waals surface area contributed by atoms with Crippen molar-refractivity contribution in [2.24, 2.45) is 0 Å². The van der Waals surface area contributed by atoms with Gasteiger partial charge in [-0.25, -0.2) is 0 Å². The lowest BCUT2D eigenvalue weighted by Crippen LogP contribution is -2.14. The molecule has 0 radical (unpaired) electrons. The topological polar surface area (TPSA) is 38.3 Å². The second-order valence-electron chi connectivity index (χ2n) is 3.92. The summed E-state index contributed by atoms with van der Waals surface area (Å²) >= 11 is 8.89. The highest BCUT2D eigenvalue weighted by atomic mass is 127. The first-order valence-corrected chi connectivity index (χ1v) is 8.27. The van der Waals surface area contributed by atoms with Crippen molar-refractivity contribution in [1.82, 2.24) is 0 Å². The largest absolute Gasteiger partial charge is 0.495 e. The van der Waals surface area contributed by atoms with Crippen LogP contribution in [0.3, 0.4) is 0 Å². The van der Waals surface area contributed by atoms with Gasteiger partial charge < -0.3 is 10.1 Å². The van der Waals surface area contributed by atoms with Crippen molar-refractivity contribution in [2.45, 2.75) is 0 Å². The minimum Gasteiger partial charge on any atom is -0.495 e. The maximum atomic E-state index is 12.4. The molecule has 0 fully saturated rings. The summed E-state index contributed by atoms with van der Waals surface area (Å²) in [6.07, 6.45) is 0. The van der Waals surface area contributed by atoms with Gasteiger partial charge in [0, 0.05) is 12.5 Å². The summed E-state index contributed by atoms with van der Waals surface area (Å²) in [7, 11) is 1.57. The van der Waals surface area contributed by atoms with Gasteiger partial charge in [-0.1, -0.05) is 31.9 Å². The summed E-state index contributed by atoms with van der Waals surface area (Å²) in [5.41, 5.74) is 1.24. The van der Waals surface area contributed by atoms with E-state index >= 15 is 0 Å². The molecular weight excluding hydrogens is 501 g/mol. The minimum atomic E-state index is -0.174. The predicted molar refractivity (Wildman–Crippen MR) is 95.5 cm³/mol. The lowest BCUT2D eigenvalue weighted by Gasteiger charge is -2.11. The SMILES string of the molecule is COc1ccc(Br)cc1NC(=O)c1cc(Br)ccc1I. The van der Waals surface area contributed by atoms with Crippen LogP contribution in [0.15, 0.2) is 45.3 Å². The predicted octanol–water partition coefficient (Wildman–Crippen LogP) is 5.08. The lowest BCUT2D eigenvalue weighted by molar-refractivity contribution is 0.102. The van der Waals surface area contributed by atoms with E-state index in [0.717, 1.165) is 12.5 Å². The molecule has 2 aromatic carbocycles. The molecule has 20 heavy (non-hydrogen) atoms. The van der Waals surface area contributed by atoms with E-state index < -0.39 is 0 Å². The van der Waals surface area contributed by atoms with Gasteiger partial charge in [0.1, 0.15) is 5.75 Å². The van der Waals surface area contributed by atoms with E-state index in [1.54, 1.807) is 19.2 Å². The zero-order chi connectivity index (χ0) is 14.7. The van der Waals surface area contributed by atoms with Gasteiger partial charge in [0.25, 0.3) is 5.91 Å². The van der Waals surface area contributed by atoms with Crippen LogP contribution in [-0.2, 0) is 0 Å². The molecule has 0 saturated heterocycles. The third-order valence-electron chi connectivity index (χ3n) is 2.58. The molecule has 0 heterocycles. The quantitative estimate of drug-likeness (QED) is 0.585. The maximum Gasteiger partial charge on any atom is 0.256 e. The van der Waals surface area contributed by atoms with Crippen LogP contribution in [0.5, 0.6) is 5.75 Å². The van der Waals surface area contributed by atoms with Crippen molar-refractivity contribution >= 4 is 66.0 Å². The molecule has 0 unspecified atom stereocenters. The second-order valence-corrected chi connectivity index (χ2v) is 6.92. The zero-order valence-corrected chi connectivity index (χ0v) is 15.7. The standard InChI is InChI=1S/C14H10Br2INO2/c1-20-13-5-3-9(16)7-12(13)18-14(19)10-6-8(15)2-4-11(10)17/h2-7H,1H3,(H,18,19). The summed E-state index contributed by atoms with van der Waals surface area (Å²) < 4.78 is 7.87. The van der Waals surface area contributed by atoms with Crippen molar-refractivity contribution in [1.29, 1.82) is 0 Å². The van der Waals surface area contributed by atoms with Crippen LogP contribution >= 0.6 is 54.5 Å². The van der Waals surface area contributed by atoms with Gasteiger partial charge in [0.15, 0.2) is 0 Å². The number of benzene rings is 2. The fourth-order valence-corrected chi connectivity index (χ4v) is 2.94. The Hall–Kier alpha value is -0.600. The number of methoxy groups -OCH3 is 1. The zero-order valence-electron chi connectivity index (χ0n) is 10.4. The summed E-state index contributed by atoms with van der Waals surface area (Å²) in [6, 6.07) is 11.0. The number of carbonyl (C=O) groups excluding carboxylic acids is 1. The molecule has 2 rings (SSSR count). The minimum absolute atomic E-state index is 0.174. The summed E-state index contributed by atoms with van der Waals surface area (Å²) in [6.45, 7) is 0. The van der Waals surface area contributed by atoms with Crippen LogP contribution in [0.4, 0.5) is 5.69 Å². The van der Waals surface area contributed by atoms with Crippen molar-refractivity contribution in [3.05, 3.63) is 54.5 Å². The van der Waals surface area contributed by atoms with E-state index in [2.05, 4.69) is 59.8 Å². The third kappa shape index (κ3) is 3.73. The van der Waals surface area contributed by atoms with Gasteiger partial charge in [0.2, 0.25) is 0 Å². The molecule has 104 valence electrons. The highest BCUT2D eigenvalue weighted by molar-refractivity contribution is 14.1. The number of carbonyl (C=O) groups is 1. The molecule has 2 aromatic rings. The molecule has 0 atom stereocenters. The number of ether oxygens (including phenoxy) is 1. The van der Waals surface area contributed by atoms with Crippen LogP contribution in [-0.4, -0.2) is 13.0 Å². The van der Waals surface area contributed by atoms with E-state index in [1.165, 1.54) is 0 Å². The van der Waals surface area contributed by atoms with E-state index in [9.17, 15) is 4.79 Å². The molecule has 0 aliphatic heterocycles. The van der Waals surface area contributed by atoms with Crippen LogP contribution in [0.2, 0.25) is 0 Å². The van der Waals surface area contributed by atoms with Crippen LogP contribution in [0, 0.1) is 3.57 Å². The van der Waals surface area contributed by atoms with E-state index in [1.807, 2.05) is 24.3 Å². The van der Waals surface area contributed by atoms with Crippen LogP contribution in [0.25, 0.3) is 0 Å². The Kier molecular flexibility index (Phi) is 5.45. The molecule has 0 aromatic heterocycles. The monoisotopic (exact) mass is 509 g/mol. The Labute approximate surface area is 147 Å². The smallest absolute Gasteiger partial charge is 0.256 e. The Morgan fingerprint density at radius 3 is 2.50 bits per heavy atom. The van der Waals surface area contributed by atoms with Gasteiger partial charge in [-0.3, -0.25) is 4.79 Å². The number of nitrogens with one attached hydrogen (secondary N) is 1. The van der Waals surface area contributed by atoms with E-state index in [4.69, 9.17) is 4.74 Å². The molecule has 0 aliphatic rings. The van der Waals surface area contributed by atoms with Gasteiger partial charge in [0.05, 0.1) is 18.4 Å². The fraction of sp³-hybridized carbons (Fsp3) is 0.0714. The first kappa shape index (κ1) is 15.8. The number of amides is 1. The normalized spacial score (nSPS) is 10.2. The molecule has 0 saturated carbocycles. The Balaban J connectivity index is 2.32. The first-order valence-electron chi connectivity index (χ1n) is 5.61. The van der Waals surface area contributed by atoms with Crippen molar-refractivity contribution in [3.63, 3.8) is 0 Å². The Morgan fingerprint density at radius 1 is 1.15 bits per heavy atom. The number of hydrogen-bond acceptors (Lipinski definition) is 2. The van der Waals surface area contributed by atoms with Gasteiger partial charge in [-0.05, 0) is 59.0 Å². The Morgan fingerprint density at radius 2 is 1.80 bits per heavy atom. The van der Waals surface area contributed by atoms with E-state index in [-0.39, 0.29) is 5.91 Å². The van der Waals surface area contributed by atoms with Crippen molar-refractivity contribution in [3.8, 4) is 5.75 Å². The molecular formula is C14H10Br2INO2. The highest BCUT2D eigenvalue weighted by Gasteiger charge is 2.13. The Bertz CT molecular complexity index is 662. The molecule has 1 N–H and O–H groups in total.